The van der Waals surface area contributed by atoms with Crippen LogP contribution in [0.4, 0.5) is 11.4 Å². The summed E-state index contributed by atoms with van der Waals surface area (Å²) in [5.74, 6) is 0.626. The van der Waals surface area contributed by atoms with E-state index in [2.05, 4.69) is 22.3 Å². The van der Waals surface area contributed by atoms with Crippen LogP contribution in [0.5, 0.6) is 11.5 Å². The van der Waals surface area contributed by atoms with E-state index < -0.39 is 5.97 Å². The van der Waals surface area contributed by atoms with Crippen LogP contribution in [0, 0.1) is 0 Å². The molecular formula is C34H33ClN2O4. The third-order valence-corrected chi connectivity index (χ3v) is 8.37. The lowest BCUT2D eigenvalue weighted by atomic mass is 9.92. The van der Waals surface area contributed by atoms with Crippen LogP contribution in [0.25, 0.3) is 11.1 Å². The summed E-state index contributed by atoms with van der Waals surface area (Å²) in [6.45, 7) is 0.373. The van der Waals surface area contributed by atoms with E-state index in [4.69, 9.17) is 21.1 Å². The molecule has 2 N–H and O–H groups in total. The fourth-order valence-corrected chi connectivity index (χ4v) is 6.21. The summed E-state index contributed by atoms with van der Waals surface area (Å²) in [6, 6.07) is 27.7. The topological polar surface area (TPSA) is 71.0 Å². The number of nitrogens with zero attached hydrogens (tertiary/aromatic N) is 1. The number of carboxylic acids is 1. The molecule has 1 atom stereocenters. The highest BCUT2D eigenvalue weighted by molar-refractivity contribution is 6.30. The number of nitrogens with one attached hydrogen (secondary N) is 1. The first-order chi connectivity index (χ1) is 20.0. The van der Waals surface area contributed by atoms with E-state index in [9.17, 15) is 9.90 Å². The fraction of sp³-hybridized carbons (Fsp3) is 0.265. The van der Waals surface area contributed by atoms with Gasteiger partial charge in [0.2, 0.25) is 0 Å². The Labute approximate surface area is 245 Å². The minimum atomic E-state index is -0.899. The van der Waals surface area contributed by atoms with Crippen LogP contribution in [-0.2, 0) is 6.61 Å². The van der Waals surface area contributed by atoms with Crippen molar-refractivity contribution in [2.24, 2.45) is 0 Å². The molecule has 0 radical (unpaired) electrons. The lowest BCUT2D eigenvalue weighted by Crippen LogP contribution is -2.39. The first-order valence-electron chi connectivity index (χ1n) is 14.1. The average molecular weight is 569 g/mol. The molecule has 1 aliphatic heterocycles. The number of halogens is 1. The van der Waals surface area contributed by atoms with Gasteiger partial charge in [0.05, 0.1) is 24.0 Å². The molecule has 1 heterocycles. The lowest BCUT2D eigenvalue weighted by Gasteiger charge is -2.37. The van der Waals surface area contributed by atoms with E-state index >= 15 is 0 Å². The predicted octanol–water partition coefficient (Wildman–Crippen LogP) is 8.56. The highest BCUT2D eigenvalue weighted by Gasteiger charge is 2.38. The smallest absolute Gasteiger partial charge is 0.337 e. The van der Waals surface area contributed by atoms with Gasteiger partial charge >= 0.3 is 5.97 Å². The minimum Gasteiger partial charge on any atom is -0.497 e. The van der Waals surface area contributed by atoms with Gasteiger partial charge in [-0.3, -0.25) is 0 Å². The fourth-order valence-electron chi connectivity index (χ4n) is 6.09. The number of ether oxygens (including phenoxy) is 2. The summed E-state index contributed by atoms with van der Waals surface area (Å²) >= 11 is 6.11. The van der Waals surface area contributed by atoms with E-state index in [-0.39, 0.29) is 6.17 Å². The number of rotatable bonds is 8. The van der Waals surface area contributed by atoms with Gasteiger partial charge in [-0.2, -0.15) is 0 Å². The summed E-state index contributed by atoms with van der Waals surface area (Å²) < 4.78 is 11.7. The molecule has 0 aromatic heterocycles. The zero-order chi connectivity index (χ0) is 28.3. The molecule has 0 spiro atoms. The van der Waals surface area contributed by atoms with Crippen molar-refractivity contribution in [2.45, 2.75) is 50.9 Å². The van der Waals surface area contributed by atoms with Gasteiger partial charge < -0.3 is 24.8 Å². The third kappa shape index (κ3) is 5.57. The number of hydrogen-bond donors (Lipinski definition) is 2. The number of fused-ring (bicyclic) bond motifs is 1. The van der Waals surface area contributed by atoms with Crippen LogP contribution in [0.3, 0.4) is 0 Å². The van der Waals surface area contributed by atoms with Gasteiger partial charge in [0.15, 0.2) is 0 Å². The molecule has 41 heavy (non-hydrogen) atoms. The SMILES string of the molecule is COc1ccc(-c2ccc(Cl)cc2)c(COc2ccc(C3Nc4cccc(C(=O)O)c4N3C3CCCCC3)cc2)c1. The number of anilines is 2. The van der Waals surface area contributed by atoms with Gasteiger partial charge in [-0.1, -0.05) is 67.3 Å². The predicted molar refractivity (Wildman–Crippen MR) is 163 cm³/mol. The summed E-state index contributed by atoms with van der Waals surface area (Å²) in [4.78, 5) is 14.5. The summed E-state index contributed by atoms with van der Waals surface area (Å²) in [6.07, 6.45) is 5.53. The van der Waals surface area contributed by atoms with Crippen molar-refractivity contribution < 1.29 is 19.4 Å². The first kappa shape index (κ1) is 27.0. The molecule has 2 aliphatic rings. The van der Waals surface area contributed by atoms with Crippen molar-refractivity contribution in [3.8, 4) is 22.6 Å². The molecule has 1 aliphatic carbocycles. The van der Waals surface area contributed by atoms with Crippen LogP contribution in [-0.4, -0.2) is 24.2 Å². The number of carbonyl (C=O) groups is 1. The van der Waals surface area contributed by atoms with Gasteiger partial charge in [-0.25, -0.2) is 4.79 Å². The number of para-hydroxylation sites is 1. The van der Waals surface area contributed by atoms with Crippen molar-refractivity contribution in [3.05, 3.63) is 107 Å². The van der Waals surface area contributed by atoms with E-state index in [1.54, 1.807) is 13.2 Å². The zero-order valence-electron chi connectivity index (χ0n) is 23.0. The van der Waals surface area contributed by atoms with Crippen molar-refractivity contribution in [1.82, 2.24) is 0 Å². The van der Waals surface area contributed by atoms with Crippen LogP contribution in [0.15, 0.2) is 84.9 Å². The van der Waals surface area contributed by atoms with Gasteiger partial charge in [0.1, 0.15) is 24.3 Å². The van der Waals surface area contributed by atoms with Gasteiger partial charge in [0.25, 0.3) is 0 Å². The maximum Gasteiger partial charge on any atom is 0.337 e. The maximum atomic E-state index is 12.2. The zero-order valence-corrected chi connectivity index (χ0v) is 23.7. The average Bonchev–Trinajstić information content (AvgIpc) is 3.41. The van der Waals surface area contributed by atoms with Crippen LogP contribution in [0.2, 0.25) is 5.02 Å². The van der Waals surface area contributed by atoms with E-state index in [0.717, 1.165) is 70.8 Å². The second kappa shape index (κ2) is 11.8. The number of aromatic carboxylic acids is 1. The Balaban J connectivity index is 1.24. The second-order valence-corrected chi connectivity index (χ2v) is 11.1. The van der Waals surface area contributed by atoms with Gasteiger partial charge in [-0.15, -0.1) is 0 Å². The minimum absolute atomic E-state index is 0.141. The number of carboxylic acid groups (broad SMARTS) is 1. The van der Waals surface area contributed by atoms with Crippen molar-refractivity contribution in [1.29, 1.82) is 0 Å². The standard InChI is InChI=1S/C34H33ClN2O4/c1-40-28-18-19-29(22-10-14-25(35)15-11-22)24(20-28)21-41-27-16-12-23(13-17-27)33-36-31-9-5-8-30(34(38)39)32(31)37(33)26-6-3-2-4-7-26/h5,8-20,26,33,36H,2-4,6-7,21H2,1H3,(H,38,39). The lowest BCUT2D eigenvalue weighted by molar-refractivity contribution is 0.0697. The van der Waals surface area contributed by atoms with Crippen LogP contribution >= 0.6 is 11.6 Å². The largest absolute Gasteiger partial charge is 0.497 e. The highest BCUT2D eigenvalue weighted by Crippen LogP contribution is 2.47. The molecule has 4 aromatic carbocycles. The Morgan fingerprint density at radius 3 is 2.39 bits per heavy atom. The van der Waals surface area contributed by atoms with Crippen LogP contribution in [0.1, 0.15) is 59.8 Å². The molecule has 210 valence electrons. The molecule has 1 saturated carbocycles. The quantitative estimate of drug-likeness (QED) is 0.222. The Morgan fingerprint density at radius 2 is 1.68 bits per heavy atom. The van der Waals surface area contributed by atoms with E-state index in [0.29, 0.717) is 23.2 Å². The molecule has 0 amide bonds. The normalized spacial score (nSPS) is 16.6. The molecule has 0 bridgehead atoms. The Kier molecular flexibility index (Phi) is 7.75. The molecule has 7 heteroatoms. The van der Waals surface area contributed by atoms with Crippen LogP contribution < -0.4 is 19.7 Å². The Morgan fingerprint density at radius 1 is 0.951 bits per heavy atom. The maximum absolute atomic E-state index is 12.2. The number of hydrogen-bond acceptors (Lipinski definition) is 5. The van der Waals surface area contributed by atoms with E-state index in [1.165, 1.54) is 6.42 Å². The van der Waals surface area contributed by atoms with E-state index in [1.807, 2.05) is 66.7 Å². The van der Waals surface area contributed by atoms with Crippen molar-refractivity contribution in [3.63, 3.8) is 0 Å². The molecule has 4 aromatic rings. The molecule has 1 unspecified atom stereocenters. The molecule has 6 nitrogen and oxygen atoms in total. The van der Waals surface area contributed by atoms with Gasteiger partial charge in [-0.05, 0) is 78.1 Å². The first-order valence-corrected chi connectivity index (χ1v) is 14.5. The summed E-state index contributed by atoms with van der Waals surface area (Å²) in [5.41, 5.74) is 6.20. The summed E-state index contributed by atoms with van der Waals surface area (Å²) in [5, 5.41) is 14.3. The van der Waals surface area contributed by atoms with Gasteiger partial charge in [0, 0.05) is 16.6 Å². The summed E-state index contributed by atoms with van der Waals surface area (Å²) in [7, 11) is 1.66. The molecule has 1 fully saturated rings. The molecular weight excluding hydrogens is 536 g/mol. The Hall–Kier alpha value is -4.16. The Bertz CT molecular complexity index is 1530. The molecule has 0 saturated heterocycles. The monoisotopic (exact) mass is 568 g/mol. The van der Waals surface area contributed by atoms with Crippen molar-refractivity contribution >= 4 is 28.9 Å². The van der Waals surface area contributed by atoms with Crippen molar-refractivity contribution in [2.75, 3.05) is 17.3 Å². The molecule has 6 rings (SSSR count). The number of benzene rings is 4. The highest BCUT2D eigenvalue weighted by atomic mass is 35.5. The second-order valence-electron chi connectivity index (χ2n) is 10.6. The third-order valence-electron chi connectivity index (χ3n) is 8.12. The number of methoxy groups -OCH3 is 1.